The summed E-state index contributed by atoms with van der Waals surface area (Å²) in [5.41, 5.74) is 0.778. The van der Waals surface area contributed by atoms with Gasteiger partial charge in [-0.1, -0.05) is 11.8 Å². The molecule has 0 heterocycles. The van der Waals surface area contributed by atoms with Crippen molar-refractivity contribution in [1.29, 1.82) is 0 Å². The van der Waals surface area contributed by atoms with Gasteiger partial charge >= 0.3 is 5.97 Å². The number of benzene rings is 2. The van der Waals surface area contributed by atoms with E-state index in [0.29, 0.717) is 0 Å². The van der Waals surface area contributed by atoms with Gasteiger partial charge in [0, 0.05) is 19.6 Å². The monoisotopic (exact) mass is 308 g/mol. The van der Waals surface area contributed by atoms with Crippen molar-refractivity contribution in [2.45, 2.75) is 26.0 Å². The molecule has 0 unspecified atom stereocenters. The molecule has 0 aliphatic heterocycles. The average Bonchev–Trinajstić information content (AvgIpc) is 2.34. The first-order valence-corrected chi connectivity index (χ1v) is 7.26. The van der Waals surface area contributed by atoms with E-state index in [2.05, 4.69) is 25.3 Å². The predicted octanol–water partition coefficient (Wildman–Crippen LogP) is 4.04. The number of rotatable bonds is 4. The summed E-state index contributed by atoms with van der Waals surface area (Å²) in [4.78, 5) is 14.5. The zero-order valence-corrected chi connectivity index (χ0v) is 12.5. The third-order valence-electron chi connectivity index (χ3n) is 2.45. The van der Waals surface area contributed by atoms with E-state index >= 15 is 0 Å². The van der Waals surface area contributed by atoms with Gasteiger partial charge in [-0.15, -0.1) is 25.3 Å². The molecule has 1 N–H and O–H groups in total. The van der Waals surface area contributed by atoms with Crippen LogP contribution in [-0.2, 0) is 11.2 Å². The molecule has 0 atom stereocenters. The highest BCUT2D eigenvalue weighted by atomic mass is 32.2. The van der Waals surface area contributed by atoms with E-state index in [1.54, 1.807) is 17.8 Å². The second-order valence-corrected chi connectivity index (χ2v) is 6.11. The lowest BCUT2D eigenvalue weighted by molar-refractivity contribution is -0.136. The topological polar surface area (TPSA) is 37.3 Å². The first-order chi connectivity index (χ1) is 9.04. The molecule has 2 aromatic rings. The molecule has 19 heavy (non-hydrogen) atoms. The largest absolute Gasteiger partial charge is 0.481 e. The van der Waals surface area contributed by atoms with Gasteiger partial charge in [-0.25, -0.2) is 0 Å². The molecule has 0 saturated carbocycles. The lowest BCUT2D eigenvalue weighted by Gasteiger charge is -2.08. The number of hydrogen-bond donors (Lipinski definition) is 3. The van der Waals surface area contributed by atoms with Crippen molar-refractivity contribution in [3.05, 3.63) is 48.0 Å². The van der Waals surface area contributed by atoms with Crippen LogP contribution in [0.15, 0.2) is 62.0 Å². The maximum atomic E-state index is 10.9. The Labute approximate surface area is 127 Å². The van der Waals surface area contributed by atoms with Crippen molar-refractivity contribution in [3.8, 4) is 0 Å². The summed E-state index contributed by atoms with van der Waals surface area (Å²) in [5.74, 6) is -0.841. The highest BCUT2D eigenvalue weighted by Gasteiger charge is 2.09. The Kier molecular flexibility index (Phi) is 4.85. The Morgan fingerprint density at radius 2 is 1.68 bits per heavy atom. The summed E-state index contributed by atoms with van der Waals surface area (Å²) in [6.45, 7) is 0. The van der Waals surface area contributed by atoms with Crippen LogP contribution in [0.4, 0.5) is 0 Å². The van der Waals surface area contributed by atoms with Crippen LogP contribution in [0, 0.1) is 0 Å². The summed E-state index contributed by atoms with van der Waals surface area (Å²) < 4.78 is 0. The van der Waals surface area contributed by atoms with Crippen LogP contribution in [0.5, 0.6) is 0 Å². The molecule has 0 aromatic heterocycles. The minimum Gasteiger partial charge on any atom is -0.481 e. The zero-order chi connectivity index (χ0) is 13.8. The van der Waals surface area contributed by atoms with Crippen molar-refractivity contribution in [2.24, 2.45) is 0 Å². The minimum atomic E-state index is -0.841. The van der Waals surface area contributed by atoms with Crippen molar-refractivity contribution in [2.75, 3.05) is 0 Å². The SMILES string of the molecule is O=C(O)Cc1cc(S)ccc1Sc1ccc(S)cc1. The Balaban J connectivity index is 2.28. The zero-order valence-electron chi connectivity index (χ0n) is 9.91. The lowest BCUT2D eigenvalue weighted by atomic mass is 10.1. The third kappa shape index (κ3) is 4.23. The Hall–Kier alpha value is -1.04. The number of hydrogen-bond acceptors (Lipinski definition) is 4. The maximum Gasteiger partial charge on any atom is 0.307 e. The van der Waals surface area contributed by atoms with Gasteiger partial charge < -0.3 is 5.11 Å². The molecule has 0 aliphatic carbocycles. The molecule has 0 amide bonds. The fraction of sp³-hybridized carbons (Fsp3) is 0.0714. The van der Waals surface area contributed by atoms with Crippen LogP contribution in [0.1, 0.15) is 5.56 Å². The van der Waals surface area contributed by atoms with Crippen LogP contribution in [0.3, 0.4) is 0 Å². The number of carbonyl (C=O) groups is 1. The lowest BCUT2D eigenvalue weighted by Crippen LogP contribution is -2.01. The number of carboxylic acids is 1. The van der Waals surface area contributed by atoms with Gasteiger partial charge in [-0.2, -0.15) is 0 Å². The smallest absolute Gasteiger partial charge is 0.307 e. The van der Waals surface area contributed by atoms with E-state index in [1.165, 1.54) is 0 Å². The summed E-state index contributed by atoms with van der Waals surface area (Å²) in [7, 11) is 0. The standard InChI is InChI=1S/C14H12O2S3/c15-14(16)8-9-7-11(18)3-6-13(9)19-12-4-1-10(17)2-5-12/h1-7,17-18H,8H2,(H,15,16). The molecule has 0 spiro atoms. The molecular weight excluding hydrogens is 296 g/mol. The van der Waals surface area contributed by atoms with Crippen molar-refractivity contribution in [3.63, 3.8) is 0 Å². The predicted molar refractivity (Wildman–Crippen MR) is 82.9 cm³/mol. The fourth-order valence-corrected chi connectivity index (χ4v) is 2.91. The molecular formula is C14H12O2S3. The minimum absolute atomic E-state index is 0.00137. The van der Waals surface area contributed by atoms with E-state index in [4.69, 9.17) is 5.11 Å². The molecule has 0 radical (unpaired) electrons. The first kappa shape index (κ1) is 14.4. The molecule has 0 aliphatic rings. The summed E-state index contributed by atoms with van der Waals surface area (Å²) >= 11 is 10.0. The first-order valence-electron chi connectivity index (χ1n) is 5.55. The van der Waals surface area contributed by atoms with Crippen molar-refractivity contribution in [1.82, 2.24) is 0 Å². The Morgan fingerprint density at radius 3 is 2.32 bits per heavy atom. The molecule has 0 saturated heterocycles. The molecule has 98 valence electrons. The van der Waals surface area contributed by atoms with Crippen LogP contribution in [0.25, 0.3) is 0 Å². The van der Waals surface area contributed by atoms with E-state index in [0.717, 1.165) is 25.1 Å². The average molecular weight is 308 g/mol. The van der Waals surface area contributed by atoms with Gasteiger partial charge in [-0.05, 0) is 48.0 Å². The second-order valence-electron chi connectivity index (χ2n) is 3.96. The summed E-state index contributed by atoms with van der Waals surface area (Å²) in [5, 5.41) is 8.94. The Morgan fingerprint density at radius 1 is 1.05 bits per heavy atom. The number of carboxylic acid groups (broad SMARTS) is 1. The fourth-order valence-electron chi connectivity index (χ4n) is 1.61. The van der Waals surface area contributed by atoms with Gasteiger partial charge in [0.2, 0.25) is 0 Å². The van der Waals surface area contributed by atoms with E-state index in [-0.39, 0.29) is 6.42 Å². The maximum absolute atomic E-state index is 10.9. The molecule has 2 aromatic carbocycles. The van der Waals surface area contributed by atoms with Crippen molar-refractivity contribution < 1.29 is 9.90 Å². The van der Waals surface area contributed by atoms with Gasteiger partial charge in [0.1, 0.15) is 0 Å². The summed E-state index contributed by atoms with van der Waals surface area (Å²) in [6, 6.07) is 13.3. The number of aliphatic carboxylic acids is 1. The van der Waals surface area contributed by atoms with Gasteiger partial charge in [0.05, 0.1) is 6.42 Å². The van der Waals surface area contributed by atoms with Gasteiger partial charge in [-0.3, -0.25) is 4.79 Å². The van der Waals surface area contributed by atoms with Crippen LogP contribution in [-0.4, -0.2) is 11.1 Å². The van der Waals surface area contributed by atoms with Crippen LogP contribution < -0.4 is 0 Å². The summed E-state index contributed by atoms with van der Waals surface area (Å²) in [6.07, 6.45) is 0.00137. The van der Waals surface area contributed by atoms with Crippen molar-refractivity contribution >= 4 is 43.0 Å². The van der Waals surface area contributed by atoms with Crippen LogP contribution in [0.2, 0.25) is 0 Å². The molecule has 0 fully saturated rings. The molecule has 5 heteroatoms. The van der Waals surface area contributed by atoms with E-state index < -0.39 is 5.97 Å². The van der Waals surface area contributed by atoms with Gasteiger partial charge in [0.25, 0.3) is 0 Å². The normalized spacial score (nSPS) is 10.4. The molecule has 2 rings (SSSR count). The third-order valence-corrected chi connectivity index (χ3v) is 4.15. The highest BCUT2D eigenvalue weighted by molar-refractivity contribution is 7.99. The highest BCUT2D eigenvalue weighted by Crippen LogP contribution is 2.32. The Bertz CT molecular complexity index is 594. The molecule has 0 bridgehead atoms. The van der Waals surface area contributed by atoms with E-state index in [1.807, 2.05) is 36.4 Å². The second kappa shape index (κ2) is 6.41. The van der Waals surface area contributed by atoms with Gasteiger partial charge in [0.15, 0.2) is 0 Å². The molecule has 2 nitrogen and oxygen atoms in total. The quantitative estimate of drug-likeness (QED) is 0.746. The number of thiol groups is 2. The van der Waals surface area contributed by atoms with E-state index in [9.17, 15) is 4.79 Å². The van der Waals surface area contributed by atoms with Crippen LogP contribution >= 0.6 is 37.0 Å².